The van der Waals surface area contributed by atoms with Gasteiger partial charge in [-0.05, 0) is 49.1 Å². The number of hydrogen-bond acceptors (Lipinski definition) is 4. The van der Waals surface area contributed by atoms with Gasteiger partial charge >= 0.3 is 0 Å². The number of anilines is 1. The van der Waals surface area contributed by atoms with Gasteiger partial charge in [0.15, 0.2) is 0 Å². The minimum absolute atomic E-state index is 0. The van der Waals surface area contributed by atoms with Crippen molar-refractivity contribution in [2.75, 3.05) is 25.6 Å². The molecule has 2 aliphatic heterocycles. The van der Waals surface area contributed by atoms with Crippen molar-refractivity contribution >= 4 is 36.4 Å². The van der Waals surface area contributed by atoms with E-state index in [4.69, 9.17) is 4.74 Å². The lowest BCUT2D eigenvalue weighted by molar-refractivity contribution is -0.118. The summed E-state index contributed by atoms with van der Waals surface area (Å²) in [6.45, 7) is 1.76. The molecular weight excluding hydrogens is 421 g/mol. The highest BCUT2D eigenvalue weighted by Gasteiger charge is 2.27. The van der Waals surface area contributed by atoms with Crippen LogP contribution in [0, 0.1) is 0 Å². The molecule has 164 valence electrons. The van der Waals surface area contributed by atoms with Crippen LogP contribution in [0.5, 0.6) is 5.75 Å². The van der Waals surface area contributed by atoms with E-state index in [-0.39, 0.29) is 30.7 Å². The van der Waals surface area contributed by atoms with Gasteiger partial charge in [-0.2, -0.15) is 0 Å². The average Bonchev–Trinajstić information content (AvgIpc) is 2.75. The third-order valence-corrected chi connectivity index (χ3v) is 6.00. The second kappa shape index (κ2) is 11.0. The van der Waals surface area contributed by atoms with Crippen LogP contribution >= 0.6 is 24.8 Å². The van der Waals surface area contributed by atoms with E-state index >= 15 is 0 Å². The predicted octanol–water partition coefficient (Wildman–Crippen LogP) is 4.03. The van der Waals surface area contributed by atoms with Crippen LogP contribution in [0.25, 0.3) is 0 Å². The number of ether oxygens (including phenoxy) is 1. The molecule has 1 amide bonds. The van der Waals surface area contributed by atoms with Crippen LogP contribution in [0.15, 0.2) is 42.5 Å². The Bertz CT molecular complexity index is 848. The minimum atomic E-state index is 0. The summed E-state index contributed by atoms with van der Waals surface area (Å²) in [5.41, 5.74) is 4.61. The van der Waals surface area contributed by atoms with Gasteiger partial charge in [-0.15, -0.1) is 24.8 Å². The number of methoxy groups -OCH3 is 1. The molecule has 2 heterocycles. The zero-order valence-electron chi connectivity index (χ0n) is 17.5. The van der Waals surface area contributed by atoms with Crippen LogP contribution in [0.1, 0.15) is 42.0 Å². The number of carbonyl (C=O) groups is 1. The zero-order chi connectivity index (χ0) is 19.5. The molecule has 2 N–H and O–H groups in total. The number of benzene rings is 2. The molecule has 2 aromatic rings. The summed E-state index contributed by atoms with van der Waals surface area (Å²) in [5, 5.41) is 7.41. The van der Waals surface area contributed by atoms with Crippen LogP contribution in [0.4, 0.5) is 5.69 Å². The molecular formula is C23H31Cl2N3O2. The maximum Gasteiger partial charge on any atom is 0.227 e. The van der Waals surface area contributed by atoms with E-state index in [1.165, 1.54) is 17.5 Å². The van der Waals surface area contributed by atoms with Gasteiger partial charge in [0.05, 0.1) is 7.11 Å². The second-order valence-electron chi connectivity index (χ2n) is 7.72. The van der Waals surface area contributed by atoms with Gasteiger partial charge < -0.3 is 20.3 Å². The molecule has 30 heavy (non-hydrogen) atoms. The van der Waals surface area contributed by atoms with E-state index < -0.39 is 0 Å². The molecule has 7 heteroatoms. The number of carbonyl (C=O) groups excluding carboxylic acids is 1. The lowest BCUT2D eigenvalue weighted by atomic mass is 9.92. The number of fused-ring (bicyclic) bond motifs is 1. The van der Waals surface area contributed by atoms with Crippen LogP contribution in [0.3, 0.4) is 0 Å². The fraction of sp³-hybridized carbons (Fsp3) is 0.435. The molecule has 0 aliphatic carbocycles. The number of amides is 1. The summed E-state index contributed by atoms with van der Waals surface area (Å²) >= 11 is 0. The molecule has 0 saturated carbocycles. The maximum absolute atomic E-state index is 12.1. The monoisotopic (exact) mass is 451 g/mol. The van der Waals surface area contributed by atoms with Crippen molar-refractivity contribution in [2.24, 2.45) is 0 Å². The number of piperidine rings is 1. The summed E-state index contributed by atoms with van der Waals surface area (Å²) in [6, 6.07) is 15.5. The minimum Gasteiger partial charge on any atom is -0.496 e. The Labute approximate surface area is 191 Å². The number of halogens is 2. The van der Waals surface area contributed by atoms with Gasteiger partial charge in [-0.25, -0.2) is 0 Å². The van der Waals surface area contributed by atoms with Crippen LogP contribution < -0.4 is 20.3 Å². The van der Waals surface area contributed by atoms with Gasteiger partial charge in [0.2, 0.25) is 5.91 Å². The highest BCUT2D eigenvalue weighted by molar-refractivity contribution is 5.96. The lowest BCUT2D eigenvalue weighted by Gasteiger charge is -2.34. The van der Waals surface area contributed by atoms with Crippen molar-refractivity contribution in [3.05, 3.63) is 59.2 Å². The third kappa shape index (κ3) is 5.09. The highest BCUT2D eigenvalue weighted by Crippen LogP contribution is 2.34. The first-order valence-corrected chi connectivity index (χ1v) is 10.2. The Morgan fingerprint density at radius 2 is 1.93 bits per heavy atom. The van der Waals surface area contributed by atoms with Crippen molar-refractivity contribution in [3.63, 3.8) is 0 Å². The van der Waals surface area contributed by atoms with Crippen molar-refractivity contribution in [1.29, 1.82) is 0 Å². The Balaban J connectivity index is 0.00000160. The van der Waals surface area contributed by atoms with Crippen LogP contribution in [-0.4, -0.2) is 32.7 Å². The Morgan fingerprint density at radius 3 is 2.67 bits per heavy atom. The quantitative estimate of drug-likeness (QED) is 0.720. The summed E-state index contributed by atoms with van der Waals surface area (Å²) in [7, 11) is 3.58. The fourth-order valence-electron chi connectivity index (χ4n) is 4.40. The lowest BCUT2D eigenvalue weighted by Crippen LogP contribution is -2.45. The second-order valence-corrected chi connectivity index (χ2v) is 7.72. The van der Waals surface area contributed by atoms with Crippen LogP contribution in [0.2, 0.25) is 0 Å². The topological polar surface area (TPSA) is 53.6 Å². The molecule has 1 saturated heterocycles. The van der Waals surface area contributed by atoms with Gasteiger partial charge in [0, 0.05) is 43.3 Å². The van der Waals surface area contributed by atoms with E-state index in [1.54, 1.807) is 12.0 Å². The number of nitrogens with one attached hydrogen (secondary N) is 2. The van der Waals surface area contributed by atoms with E-state index in [1.807, 2.05) is 7.05 Å². The molecule has 1 fully saturated rings. The Kier molecular flexibility index (Phi) is 8.98. The smallest absolute Gasteiger partial charge is 0.227 e. The van der Waals surface area contributed by atoms with Crippen LogP contribution in [-0.2, 0) is 17.8 Å². The number of rotatable bonds is 5. The van der Waals surface area contributed by atoms with Gasteiger partial charge in [-0.3, -0.25) is 4.79 Å². The molecule has 5 nitrogen and oxygen atoms in total. The van der Waals surface area contributed by atoms with Gasteiger partial charge in [0.1, 0.15) is 5.75 Å². The van der Waals surface area contributed by atoms with Gasteiger partial charge in [-0.1, -0.05) is 30.3 Å². The number of hydrogen-bond donors (Lipinski definition) is 2. The molecule has 2 aromatic carbocycles. The molecule has 0 bridgehead atoms. The predicted molar refractivity (Wildman–Crippen MR) is 126 cm³/mol. The fourth-order valence-corrected chi connectivity index (χ4v) is 4.40. The van der Waals surface area contributed by atoms with E-state index in [9.17, 15) is 4.79 Å². The van der Waals surface area contributed by atoms with Crippen molar-refractivity contribution in [2.45, 2.75) is 44.3 Å². The third-order valence-electron chi connectivity index (χ3n) is 6.00. The highest BCUT2D eigenvalue weighted by atomic mass is 35.5. The molecule has 0 radical (unpaired) electrons. The molecule has 2 aliphatic rings. The largest absolute Gasteiger partial charge is 0.496 e. The first-order valence-electron chi connectivity index (χ1n) is 10.2. The zero-order valence-corrected chi connectivity index (χ0v) is 19.2. The summed E-state index contributed by atoms with van der Waals surface area (Å²) in [6.07, 6.45) is 3.65. The average molecular weight is 452 g/mol. The first kappa shape index (κ1) is 24.5. The summed E-state index contributed by atoms with van der Waals surface area (Å²) in [4.78, 5) is 13.9. The first-order chi connectivity index (χ1) is 13.7. The molecule has 2 atom stereocenters. The summed E-state index contributed by atoms with van der Waals surface area (Å²) in [5.74, 6) is 1.08. The maximum atomic E-state index is 12.1. The molecule has 0 unspecified atom stereocenters. The number of aryl methyl sites for hydroxylation is 1. The van der Waals surface area contributed by atoms with Crippen molar-refractivity contribution in [1.82, 2.24) is 10.6 Å². The van der Waals surface area contributed by atoms with Gasteiger partial charge in [0.25, 0.3) is 0 Å². The number of nitrogens with zero attached hydrogens (tertiary/aromatic N) is 1. The summed E-state index contributed by atoms with van der Waals surface area (Å²) < 4.78 is 5.67. The Hall–Kier alpha value is -1.79. The van der Waals surface area contributed by atoms with E-state index in [0.29, 0.717) is 25.0 Å². The van der Waals surface area contributed by atoms with Crippen molar-refractivity contribution < 1.29 is 9.53 Å². The standard InChI is InChI=1S/C23H29N3O2.2ClH/c1-26-20-13-18(21(28-2)14-17(20)10-11-22(26)27)15-25-19-9-6-12-24-23(19)16-7-4-3-5-8-16;;/h3-5,7-8,13-14,19,23-25H,6,9-12,15H2,1-2H3;2*1H/t19-,23-;;/m0../s1. The molecule has 0 aromatic heterocycles. The molecule has 0 spiro atoms. The molecule has 4 rings (SSSR count). The van der Waals surface area contributed by atoms with Crippen molar-refractivity contribution in [3.8, 4) is 5.75 Å². The van der Waals surface area contributed by atoms with E-state index in [0.717, 1.165) is 36.4 Å². The SMILES string of the molecule is COc1cc2c(cc1CN[C@H]1CCCN[C@H]1c1ccccc1)N(C)C(=O)CC2.Cl.Cl. The normalized spacial score (nSPS) is 20.6. The Morgan fingerprint density at radius 1 is 1.17 bits per heavy atom. The van der Waals surface area contributed by atoms with E-state index in [2.05, 4.69) is 53.1 Å².